The molecule has 2 aromatic rings. The minimum Gasteiger partial charge on any atom is -0.347 e. The maximum Gasteiger partial charge on any atom is 0.275 e. The Labute approximate surface area is 129 Å². The highest BCUT2D eigenvalue weighted by atomic mass is 19.1. The van der Waals surface area contributed by atoms with Crippen LogP contribution in [-0.4, -0.2) is 19.0 Å². The van der Waals surface area contributed by atoms with E-state index in [9.17, 15) is 9.18 Å². The van der Waals surface area contributed by atoms with Gasteiger partial charge in [0, 0.05) is 24.1 Å². The minimum atomic E-state index is -0.276. The van der Waals surface area contributed by atoms with Crippen LogP contribution >= 0.6 is 0 Å². The molecule has 2 aromatic carbocycles. The number of quaternary nitrogens is 1. The van der Waals surface area contributed by atoms with Crippen molar-refractivity contribution in [2.75, 3.05) is 13.1 Å². The molecular formula is C18H20FN2O+. The Balaban J connectivity index is 1.52. The Kier molecular flexibility index (Phi) is 4.49. The van der Waals surface area contributed by atoms with Gasteiger partial charge < -0.3 is 10.2 Å². The van der Waals surface area contributed by atoms with E-state index in [1.807, 2.05) is 6.07 Å². The molecule has 0 fully saturated rings. The topological polar surface area (TPSA) is 33.5 Å². The van der Waals surface area contributed by atoms with Gasteiger partial charge in [-0.3, -0.25) is 4.79 Å². The van der Waals surface area contributed by atoms with E-state index in [2.05, 4.69) is 23.5 Å². The predicted octanol–water partition coefficient (Wildman–Crippen LogP) is 1.08. The predicted molar refractivity (Wildman–Crippen MR) is 82.8 cm³/mol. The van der Waals surface area contributed by atoms with Crippen molar-refractivity contribution < 1.29 is 14.1 Å². The number of hydrogen-bond donors (Lipinski definition) is 2. The fourth-order valence-electron chi connectivity index (χ4n) is 2.92. The summed E-state index contributed by atoms with van der Waals surface area (Å²) >= 11 is 0. The molecule has 0 saturated heterocycles. The lowest BCUT2D eigenvalue weighted by Crippen LogP contribution is -3.12. The molecule has 1 unspecified atom stereocenters. The molecule has 0 aliphatic carbocycles. The van der Waals surface area contributed by atoms with Gasteiger partial charge >= 0.3 is 0 Å². The lowest BCUT2D eigenvalue weighted by molar-refractivity contribution is -0.908. The summed E-state index contributed by atoms with van der Waals surface area (Å²) in [5.41, 5.74) is 3.23. The Morgan fingerprint density at radius 1 is 1.09 bits per heavy atom. The van der Waals surface area contributed by atoms with Crippen LogP contribution in [0.25, 0.3) is 0 Å². The molecule has 1 aliphatic heterocycles. The molecule has 2 N–H and O–H groups in total. The number of rotatable bonds is 4. The molecule has 0 saturated carbocycles. The lowest BCUT2D eigenvalue weighted by Gasteiger charge is -2.25. The van der Waals surface area contributed by atoms with E-state index in [1.165, 1.54) is 22.1 Å². The molecule has 1 heterocycles. The minimum absolute atomic E-state index is 0.0300. The summed E-state index contributed by atoms with van der Waals surface area (Å²) in [6.45, 7) is 2.52. The number of hydrogen-bond acceptors (Lipinski definition) is 1. The molecule has 3 rings (SSSR count). The monoisotopic (exact) mass is 299 g/mol. The van der Waals surface area contributed by atoms with Gasteiger partial charge in [-0.2, -0.15) is 0 Å². The molecule has 0 spiro atoms. The molecule has 1 atom stereocenters. The smallest absolute Gasteiger partial charge is 0.275 e. The van der Waals surface area contributed by atoms with Crippen LogP contribution in [0.15, 0.2) is 48.5 Å². The Hall–Kier alpha value is -2.20. The molecule has 3 nitrogen and oxygen atoms in total. The number of carbonyl (C=O) groups excluding carboxylic acids is 1. The number of benzene rings is 2. The second-order valence-electron chi connectivity index (χ2n) is 5.74. The zero-order chi connectivity index (χ0) is 15.4. The van der Waals surface area contributed by atoms with Crippen molar-refractivity contribution in [1.82, 2.24) is 5.32 Å². The van der Waals surface area contributed by atoms with Gasteiger partial charge in [0.1, 0.15) is 12.4 Å². The van der Waals surface area contributed by atoms with Gasteiger partial charge in [-0.1, -0.05) is 42.5 Å². The molecule has 0 radical (unpaired) electrons. The van der Waals surface area contributed by atoms with Crippen LogP contribution in [0.2, 0.25) is 0 Å². The first kappa shape index (κ1) is 14.7. The maximum absolute atomic E-state index is 13.5. The van der Waals surface area contributed by atoms with Gasteiger partial charge in [0.05, 0.1) is 6.54 Å². The molecule has 1 aliphatic rings. The van der Waals surface area contributed by atoms with Crippen molar-refractivity contribution in [2.45, 2.75) is 19.5 Å². The van der Waals surface area contributed by atoms with Crippen molar-refractivity contribution >= 4 is 5.91 Å². The standard InChI is InChI=1S/C18H19FN2O/c19-17-8-4-3-6-15(17)11-20-18(22)13-21-10-9-14-5-1-2-7-16(14)12-21/h1-8H,9-13H2,(H,20,22)/p+1. The molecule has 114 valence electrons. The summed E-state index contributed by atoms with van der Waals surface area (Å²) in [5, 5.41) is 2.81. The normalized spacial score (nSPS) is 16.9. The maximum atomic E-state index is 13.5. The second kappa shape index (κ2) is 6.71. The van der Waals surface area contributed by atoms with Crippen molar-refractivity contribution in [3.8, 4) is 0 Å². The summed E-state index contributed by atoms with van der Waals surface area (Å²) in [7, 11) is 0. The number of carbonyl (C=O) groups is 1. The van der Waals surface area contributed by atoms with E-state index >= 15 is 0 Å². The van der Waals surface area contributed by atoms with Crippen molar-refractivity contribution in [3.63, 3.8) is 0 Å². The third-order valence-electron chi connectivity index (χ3n) is 4.15. The fourth-order valence-corrected chi connectivity index (χ4v) is 2.92. The quantitative estimate of drug-likeness (QED) is 0.870. The van der Waals surface area contributed by atoms with Crippen LogP contribution in [0.3, 0.4) is 0 Å². The highest BCUT2D eigenvalue weighted by Crippen LogP contribution is 2.10. The van der Waals surface area contributed by atoms with Crippen LogP contribution in [0.5, 0.6) is 0 Å². The average molecular weight is 299 g/mol. The third kappa shape index (κ3) is 3.52. The largest absolute Gasteiger partial charge is 0.347 e. The van der Waals surface area contributed by atoms with Crippen LogP contribution in [0, 0.1) is 5.82 Å². The van der Waals surface area contributed by atoms with Gasteiger partial charge in [0.25, 0.3) is 5.91 Å². The van der Waals surface area contributed by atoms with Crippen LogP contribution < -0.4 is 10.2 Å². The fraction of sp³-hybridized carbons (Fsp3) is 0.278. The van der Waals surface area contributed by atoms with Crippen molar-refractivity contribution in [1.29, 1.82) is 0 Å². The molecule has 0 bridgehead atoms. The van der Waals surface area contributed by atoms with Crippen LogP contribution in [-0.2, 0) is 24.3 Å². The first-order valence-electron chi connectivity index (χ1n) is 7.63. The highest BCUT2D eigenvalue weighted by Gasteiger charge is 2.21. The first-order chi connectivity index (χ1) is 10.7. The number of fused-ring (bicyclic) bond motifs is 1. The van der Waals surface area contributed by atoms with Gasteiger partial charge in [-0.05, 0) is 11.6 Å². The SMILES string of the molecule is O=C(C[NH+]1CCc2ccccc2C1)NCc1ccccc1F. The Morgan fingerprint density at radius 2 is 1.82 bits per heavy atom. The van der Waals surface area contributed by atoms with Gasteiger partial charge in [0.2, 0.25) is 0 Å². The van der Waals surface area contributed by atoms with E-state index in [1.54, 1.807) is 18.2 Å². The highest BCUT2D eigenvalue weighted by molar-refractivity contribution is 5.76. The molecule has 0 aromatic heterocycles. The molecular weight excluding hydrogens is 279 g/mol. The van der Waals surface area contributed by atoms with E-state index in [0.29, 0.717) is 12.1 Å². The lowest BCUT2D eigenvalue weighted by atomic mass is 10.00. The summed E-state index contributed by atoms with van der Waals surface area (Å²) < 4.78 is 13.5. The van der Waals surface area contributed by atoms with Crippen LogP contribution in [0.4, 0.5) is 4.39 Å². The summed E-state index contributed by atoms with van der Waals surface area (Å²) in [5.74, 6) is -0.306. The molecule has 1 amide bonds. The van der Waals surface area contributed by atoms with Gasteiger partial charge in [-0.25, -0.2) is 4.39 Å². The number of halogens is 1. The van der Waals surface area contributed by atoms with Crippen molar-refractivity contribution in [3.05, 3.63) is 71.0 Å². The second-order valence-corrected chi connectivity index (χ2v) is 5.74. The number of amides is 1. The Morgan fingerprint density at radius 3 is 2.64 bits per heavy atom. The molecule has 22 heavy (non-hydrogen) atoms. The van der Waals surface area contributed by atoms with Gasteiger partial charge in [0.15, 0.2) is 6.54 Å². The summed E-state index contributed by atoms with van der Waals surface area (Å²) in [6, 6.07) is 14.9. The van der Waals surface area contributed by atoms with Gasteiger partial charge in [-0.15, -0.1) is 0 Å². The average Bonchev–Trinajstić information content (AvgIpc) is 2.54. The number of nitrogens with one attached hydrogen (secondary N) is 2. The summed E-state index contributed by atoms with van der Waals surface area (Å²) in [6.07, 6.45) is 1.01. The third-order valence-corrected chi connectivity index (χ3v) is 4.15. The zero-order valence-corrected chi connectivity index (χ0v) is 12.4. The van der Waals surface area contributed by atoms with E-state index < -0.39 is 0 Å². The zero-order valence-electron chi connectivity index (χ0n) is 12.4. The van der Waals surface area contributed by atoms with E-state index in [0.717, 1.165) is 19.5 Å². The van der Waals surface area contributed by atoms with E-state index in [4.69, 9.17) is 0 Å². The Bertz CT molecular complexity index is 672. The van der Waals surface area contributed by atoms with Crippen LogP contribution in [0.1, 0.15) is 16.7 Å². The van der Waals surface area contributed by atoms with Crippen molar-refractivity contribution in [2.24, 2.45) is 0 Å². The molecule has 4 heteroatoms. The summed E-state index contributed by atoms with van der Waals surface area (Å²) in [4.78, 5) is 13.3. The first-order valence-corrected chi connectivity index (χ1v) is 7.63. The van der Waals surface area contributed by atoms with E-state index in [-0.39, 0.29) is 18.3 Å².